The van der Waals surface area contributed by atoms with E-state index in [9.17, 15) is 13.5 Å². The Labute approximate surface area is 112 Å². The number of phenols is 1. The van der Waals surface area contributed by atoms with Crippen molar-refractivity contribution in [1.29, 1.82) is 0 Å². The summed E-state index contributed by atoms with van der Waals surface area (Å²) in [7, 11) is -3.04. The summed E-state index contributed by atoms with van der Waals surface area (Å²) in [6.07, 6.45) is 1.18. The van der Waals surface area contributed by atoms with E-state index in [1.807, 2.05) is 18.2 Å². The summed E-state index contributed by atoms with van der Waals surface area (Å²) in [6.45, 7) is 1.89. The third-order valence-corrected chi connectivity index (χ3v) is 3.79. The highest BCUT2D eigenvalue weighted by Crippen LogP contribution is 2.35. The van der Waals surface area contributed by atoms with Crippen molar-refractivity contribution in [3.63, 3.8) is 0 Å². The van der Waals surface area contributed by atoms with Gasteiger partial charge in [-0.2, -0.15) is 0 Å². The first kappa shape index (κ1) is 13.7. The maximum atomic E-state index is 11.1. The van der Waals surface area contributed by atoms with Crippen molar-refractivity contribution in [3.05, 3.63) is 35.9 Å². The van der Waals surface area contributed by atoms with Crippen molar-refractivity contribution in [1.82, 2.24) is 0 Å². The van der Waals surface area contributed by atoms with Gasteiger partial charge in [0, 0.05) is 17.0 Å². The molecule has 2 rings (SSSR count). The molecule has 1 N–H and O–H groups in total. The molecule has 0 heterocycles. The first-order valence-electron chi connectivity index (χ1n) is 5.90. The van der Waals surface area contributed by atoms with Gasteiger partial charge in [-0.05, 0) is 18.6 Å². The molecule has 102 valence electrons. The van der Waals surface area contributed by atoms with Crippen molar-refractivity contribution in [3.8, 4) is 11.5 Å². The highest BCUT2D eigenvalue weighted by atomic mass is 32.2. The van der Waals surface area contributed by atoms with Crippen LogP contribution in [0.3, 0.4) is 0 Å². The molecule has 0 bridgehead atoms. The highest BCUT2D eigenvalue weighted by molar-refractivity contribution is 7.90. The number of hydrogen-bond donors (Lipinski definition) is 1. The van der Waals surface area contributed by atoms with E-state index in [4.69, 9.17) is 4.74 Å². The van der Waals surface area contributed by atoms with Crippen molar-refractivity contribution in [2.24, 2.45) is 0 Å². The maximum absolute atomic E-state index is 11.1. The largest absolute Gasteiger partial charge is 0.507 e. The molecule has 0 aliphatic heterocycles. The van der Waals surface area contributed by atoms with Gasteiger partial charge >= 0.3 is 0 Å². The van der Waals surface area contributed by atoms with Crippen LogP contribution >= 0.6 is 0 Å². The average molecular weight is 280 g/mol. The van der Waals surface area contributed by atoms with Gasteiger partial charge in [0.25, 0.3) is 0 Å². The second kappa shape index (κ2) is 5.09. The number of aromatic hydroxyl groups is 1. The van der Waals surface area contributed by atoms with Gasteiger partial charge in [-0.15, -0.1) is 0 Å². The lowest BCUT2D eigenvalue weighted by molar-refractivity contribution is 0.344. The second-order valence-corrected chi connectivity index (χ2v) is 6.82. The zero-order chi connectivity index (χ0) is 14.0. The molecule has 0 unspecified atom stereocenters. The van der Waals surface area contributed by atoms with Crippen LogP contribution in [0, 0.1) is 6.92 Å². The number of benzene rings is 2. The molecule has 0 fully saturated rings. The zero-order valence-electron chi connectivity index (χ0n) is 10.9. The molecular formula is C14H16O4S. The Morgan fingerprint density at radius 2 is 1.84 bits per heavy atom. The van der Waals surface area contributed by atoms with Crippen LogP contribution in [0.1, 0.15) is 5.56 Å². The van der Waals surface area contributed by atoms with E-state index in [0.717, 1.165) is 5.39 Å². The minimum Gasteiger partial charge on any atom is -0.507 e. The number of ether oxygens (including phenoxy) is 1. The van der Waals surface area contributed by atoms with Gasteiger partial charge in [-0.3, -0.25) is 0 Å². The minimum atomic E-state index is -3.04. The molecule has 0 aliphatic rings. The minimum absolute atomic E-state index is 0.0265. The quantitative estimate of drug-likeness (QED) is 0.933. The van der Waals surface area contributed by atoms with E-state index in [-0.39, 0.29) is 18.1 Å². The lowest BCUT2D eigenvalue weighted by Gasteiger charge is -2.12. The van der Waals surface area contributed by atoms with E-state index in [0.29, 0.717) is 16.7 Å². The highest BCUT2D eigenvalue weighted by Gasteiger charge is 2.10. The summed E-state index contributed by atoms with van der Waals surface area (Å²) >= 11 is 0. The van der Waals surface area contributed by atoms with Crippen LogP contribution in [0.15, 0.2) is 30.3 Å². The van der Waals surface area contributed by atoms with Crippen LogP contribution in [0.2, 0.25) is 0 Å². The summed E-state index contributed by atoms with van der Waals surface area (Å²) in [5, 5.41) is 11.5. The number of hydrogen-bond acceptors (Lipinski definition) is 4. The molecule has 5 heteroatoms. The summed E-state index contributed by atoms with van der Waals surface area (Å²) in [6, 6.07) is 9.05. The number of fused-ring (bicyclic) bond motifs is 1. The Kier molecular flexibility index (Phi) is 3.66. The van der Waals surface area contributed by atoms with Gasteiger partial charge in [0.05, 0.1) is 5.75 Å². The first-order chi connectivity index (χ1) is 8.88. The molecule has 4 nitrogen and oxygen atoms in total. The molecule has 0 amide bonds. The average Bonchev–Trinajstić information content (AvgIpc) is 2.34. The first-order valence-corrected chi connectivity index (χ1v) is 7.96. The van der Waals surface area contributed by atoms with Crippen molar-refractivity contribution in [2.45, 2.75) is 6.92 Å². The van der Waals surface area contributed by atoms with Crippen LogP contribution in [-0.2, 0) is 9.84 Å². The van der Waals surface area contributed by atoms with Crippen LogP contribution < -0.4 is 4.74 Å². The summed E-state index contributed by atoms with van der Waals surface area (Å²) < 4.78 is 27.7. The van der Waals surface area contributed by atoms with E-state index < -0.39 is 9.84 Å². The Morgan fingerprint density at radius 3 is 2.47 bits per heavy atom. The van der Waals surface area contributed by atoms with E-state index >= 15 is 0 Å². The van der Waals surface area contributed by atoms with Crippen molar-refractivity contribution < 1.29 is 18.3 Å². The monoisotopic (exact) mass is 280 g/mol. The molecule has 0 radical (unpaired) electrons. The molecule has 2 aromatic carbocycles. The maximum Gasteiger partial charge on any atom is 0.150 e. The smallest absolute Gasteiger partial charge is 0.150 e. The van der Waals surface area contributed by atoms with Crippen LogP contribution in [0.25, 0.3) is 10.8 Å². The number of rotatable bonds is 4. The Morgan fingerprint density at radius 1 is 1.21 bits per heavy atom. The molecule has 2 aromatic rings. The SMILES string of the molecule is Cc1cc(OCCS(C)(=O)=O)c2ccccc2c1O. The Bertz CT molecular complexity index is 705. The lowest BCUT2D eigenvalue weighted by Crippen LogP contribution is -2.12. The molecule has 0 spiro atoms. The molecule has 0 aliphatic carbocycles. The normalized spacial score (nSPS) is 11.7. The summed E-state index contributed by atoms with van der Waals surface area (Å²) in [5.41, 5.74) is 0.702. The molecule has 0 aromatic heterocycles. The van der Waals surface area contributed by atoms with Gasteiger partial charge in [0.2, 0.25) is 0 Å². The summed E-state index contributed by atoms with van der Waals surface area (Å²) in [5.74, 6) is 0.793. The van der Waals surface area contributed by atoms with Gasteiger partial charge in [0.1, 0.15) is 18.1 Å². The zero-order valence-corrected chi connectivity index (χ0v) is 11.7. The van der Waals surface area contributed by atoms with E-state index in [1.54, 1.807) is 19.1 Å². The number of aryl methyl sites for hydroxylation is 1. The molecule has 0 saturated heterocycles. The number of sulfone groups is 1. The molecule has 19 heavy (non-hydrogen) atoms. The van der Waals surface area contributed by atoms with Crippen LogP contribution in [0.4, 0.5) is 0 Å². The second-order valence-electron chi connectivity index (χ2n) is 4.56. The molecule has 0 atom stereocenters. The standard InChI is InChI=1S/C14H16O4S/c1-10-9-13(18-7-8-19(2,16)17)11-5-3-4-6-12(11)14(10)15/h3-6,9,15H,7-8H2,1-2H3. The van der Waals surface area contributed by atoms with Gasteiger partial charge in [0.15, 0.2) is 9.84 Å². The topological polar surface area (TPSA) is 63.6 Å². The summed E-state index contributed by atoms with van der Waals surface area (Å²) in [4.78, 5) is 0. The Balaban J connectivity index is 2.35. The van der Waals surface area contributed by atoms with Gasteiger partial charge < -0.3 is 9.84 Å². The van der Waals surface area contributed by atoms with Crippen molar-refractivity contribution >= 4 is 20.6 Å². The van der Waals surface area contributed by atoms with Gasteiger partial charge in [-0.1, -0.05) is 24.3 Å². The Hall–Kier alpha value is -1.75. The third kappa shape index (κ3) is 3.17. The number of phenolic OH excluding ortho intramolecular Hbond substituents is 1. The predicted molar refractivity (Wildman–Crippen MR) is 75.6 cm³/mol. The van der Waals surface area contributed by atoms with Crippen molar-refractivity contribution in [2.75, 3.05) is 18.6 Å². The van der Waals surface area contributed by atoms with E-state index in [1.165, 1.54) is 6.26 Å². The fraction of sp³-hybridized carbons (Fsp3) is 0.286. The van der Waals surface area contributed by atoms with Crippen LogP contribution in [-0.4, -0.2) is 32.1 Å². The van der Waals surface area contributed by atoms with Crippen LogP contribution in [0.5, 0.6) is 11.5 Å². The fourth-order valence-corrected chi connectivity index (χ4v) is 2.27. The lowest BCUT2D eigenvalue weighted by atomic mass is 10.1. The molecular weight excluding hydrogens is 264 g/mol. The van der Waals surface area contributed by atoms with E-state index in [2.05, 4.69) is 0 Å². The third-order valence-electron chi connectivity index (χ3n) is 2.88. The predicted octanol–water partition coefficient (Wildman–Crippen LogP) is 2.28. The van der Waals surface area contributed by atoms with Gasteiger partial charge in [-0.25, -0.2) is 8.42 Å². The fourth-order valence-electron chi connectivity index (χ4n) is 1.88. The molecule has 0 saturated carbocycles.